The fourth-order valence-electron chi connectivity index (χ4n) is 0.614. The molecule has 0 aliphatic heterocycles. The zero-order valence-corrected chi connectivity index (χ0v) is 5.57. The maximum absolute atomic E-state index is 12.5. The van der Waals surface area contributed by atoms with Crippen LogP contribution in [0.1, 0.15) is 0 Å². The summed E-state index contributed by atoms with van der Waals surface area (Å²) in [6.07, 6.45) is 0.553. The molecule has 0 aliphatic carbocycles. The molecule has 0 fully saturated rings. The van der Waals surface area contributed by atoms with Gasteiger partial charge in [-0.05, 0) is 0 Å². The van der Waals surface area contributed by atoms with Crippen LogP contribution in [0.4, 0.5) is 13.2 Å². The highest BCUT2D eigenvalue weighted by atomic mass is 19.2. The normalized spacial score (nSPS) is 9.82. The SMILES string of the molecule is COc1c(F)cnc(F)c1F. The maximum atomic E-state index is 12.5. The quantitative estimate of drug-likeness (QED) is 0.585. The Morgan fingerprint density at radius 1 is 1.36 bits per heavy atom. The first-order chi connectivity index (χ1) is 5.16. The summed E-state index contributed by atoms with van der Waals surface area (Å²) < 4.78 is 41.3. The largest absolute Gasteiger partial charge is 0.491 e. The fourth-order valence-corrected chi connectivity index (χ4v) is 0.614. The van der Waals surface area contributed by atoms with Crippen LogP contribution in [0.15, 0.2) is 6.20 Å². The summed E-state index contributed by atoms with van der Waals surface area (Å²) in [5.41, 5.74) is 0. The van der Waals surface area contributed by atoms with Gasteiger partial charge in [0.1, 0.15) is 0 Å². The predicted octanol–water partition coefficient (Wildman–Crippen LogP) is 1.51. The van der Waals surface area contributed by atoms with Crippen LogP contribution in [-0.4, -0.2) is 12.1 Å². The Balaban J connectivity index is 3.29. The van der Waals surface area contributed by atoms with Gasteiger partial charge in [-0.2, -0.15) is 8.78 Å². The number of nitrogens with zero attached hydrogens (tertiary/aromatic N) is 1. The third-order valence-corrected chi connectivity index (χ3v) is 1.09. The molecule has 0 amide bonds. The molecule has 0 aromatic carbocycles. The van der Waals surface area contributed by atoms with E-state index in [9.17, 15) is 13.2 Å². The van der Waals surface area contributed by atoms with Crippen molar-refractivity contribution in [2.45, 2.75) is 0 Å². The van der Waals surface area contributed by atoms with E-state index >= 15 is 0 Å². The molecular weight excluding hydrogens is 159 g/mol. The maximum Gasteiger partial charge on any atom is 0.253 e. The van der Waals surface area contributed by atoms with Crippen molar-refractivity contribution >= 4 is 0 Å². The van der Waals surface area contributed by atoms with Gasteiger partial charge in [-0.3, -0.25) is 0 Å². The molecule has 5 heteroatoms. The van der Waals surface area contributed by atoms with Crippen molar-refractivity contribution in [3.05, 3.63) is 23.8 Å². The first-order valence-electron chi connectivity index (χ1n) is 2.70. The van der Waals surface area contributed by atoms with E-state index in [0.717, 1.165) is 7.11 Å². The Morgan fingerprint density at radius 3 is 2.45 bits per heavy atom. The number of pyridine rings is 1. The second-order valence-corrected chi connectivity index (χ2v) is 1.74. The molecule has 0 bridgehead atoms. The molecule has 0 atom stereocenters. The van der Waals surface area contributed by atoms with Crippen molar-refractivity contribution in [2.24, 2.45) is 0 Å². The van der Waals surface area contributed by atoms with Crippen LogP contribution in [0.2, 0.25) is 0 Å². The van der Waals surface area contributed by atoms with Crippen LogP contribution < -0.4 is 4.74 Å². The van der Waals surface area contributed by atoms with Gasteiger partial charge in [0.25, 0.3) is 5.95 Å². The topological polar surface area (TPSA) is 22.1 Å². The Kier molecular flexibility index (Phi) is 1.98. The van der Waals surface area contributed by atoms with Crippen molar-refractivity contribution in [3.63, 3.8) is 0 Å². The molecule has 1 aromatic rings. The van der Waals surface area contributed by atoms with Gasteiger partial charge >= 0.3 is 0 Å². The Labute approximate surface area is 60.6 Å². The van der Waals surface area contributed by atoms with E-state index < -0.39 is 23.3 Å². The number of rotatable bonds is 1. The third-order valence-electron chi connectivity index (χ3n) is 1.09. The van der Waals surface area contributed by atoms with E-state index in [1.807, 2.05) is 0 Å². The summed E-state index contributed by atoms with van der Waals surface area (Å²) in [5.74, 6) is -4.56. The predicted molar refractivity (Wildman–Crippen MR) is 30.7 cm³/mol. The summed E-state index contributed by atoms with van der Waals surface area (Å²) in [5, 5.41) is 0. The summed E-state index contributed by atoms with van der Waals surface area (Å²) in [7, 11) is 1.04. The zero-order chi connectivity index (χ0) is 8.43. The Hall–Kier alpha value is -1.26. The van der Waals surface area contributed by atoms with E-state index in [2.05, 4.69) is 9.72 Å². The first-order valence-corrected chi connectivity index (χ1v) is 2.70. The van der Waals surface area contributed by atoms with Gasteiger partial charge in [0.05, 0.1) is 13.3 Å². The highest BCUT2D eigenvalue weighted by molar-refractivity contribution is 5.22. The molecule has 0 saturated heterocycles. The monoisotopic (exact) mass is 163 g/mol. The Bertz CT molecular complexity index is 277. The van der Waals surface area contributed by atoms with Gasteiger partial charge in [-0.15, -0.1) is 0 Å². The van der Waals surface area contributed by atoms with Crippen molar-refractivity contribution in [1.29, 1.82) is 0 Å². The molecular formula is C6H4F3NO. The lowest BCUT2D eigenvalue weighted by Crippen LogP contribution is -1.98. The number of hydrogen-bond donors (Lipinski definition) is 0. The molecule has 0 spiro atoms. The van der Waals surface area contributed by atoms with Gasteiger partial charge in [-0.1, -0.05) is 0 Å². The average Bonchev–Trinajstić information content (AvgIpc) is 1.99. The summed E-state index contributed by atoms with van der Waals surface area (Å²) in [6.45, 7) is 0. The minimum atomic E-state index is -1.41. The van der Waals surface area contributed by atoms with Gasteiger partial charge in [0, 0.05) is 0 Å². The van der Waals surface area contributed by atoms with Crippen LogP contribution >= 0.6 is 0 Å². The van der Waals surface area contributed by atoms with E-state index in [1.165, 1.54) is 0 Å². The molecule has 1 rings (SSSR count). The van der Waals surface area contributed by atoms with Crippen LogP contribution in [0.3, 0.4) is 0 Å². The van der Waals surface area contributed by atoms with E-state index in [-0.39, 0.29) is 0 Å². The number of ether oxygens (including phenoxy) is 1. The molecule has 0 N–H and O–H groups in total. The summed E-state index contributed by atoms with van der Waals surface area (Å²) in [4.78, 5) is 2.79. The van der Waals surface area contributed by atoms with Gasteiger partial charge in [0.15, 0.2) is 11.6 Å². The molecule has 0 radical (unpaired) electrons. The molecule has 2 nitrogen and oxygen atoms in total. The second-order valence-electron chi connectivity index (χ2n) is 1.74. The van der Waals surface area contributed by atoms with E-state index in [1.54, 1.807) is 0 Å². The molecule has 60 valence electrons. The number of hydrogen-bond acceptors (Lipinski definition) is 2. The minimum Gasteiger partial charge on any atom is -0.491 e. The lowest BCUT2D eigenvalue weighted by Gasteiger charge is -2.01. The molecule has 1 aromatic heterocycles. The molecule has 0 saturated carbocycles. The van der Waals surface area contributed by atoms with E-state index in [4.69, 9.17) is 0 Å². The van der Waals surface area contributed by atoms with Crippen LogP contribution in [0.25, 0.3) is 0 Å². The number of halogens is 3. The van der Waals surface area contributed by atoms with Crippen LogP contribution in [-0.2, 0) is 0 Å². The standard InChI is InChI=1S/C6H4F3NO/c1-11-5-3(7)2-10-6(9)4(5)8/h2H,1H3. The van der Waals surface area contributed by atoms with Gasteiger partial charge < -0.3 is 4.74 Å². The van der Waals surface area contributed by atoms with Crippen molar-refractivity contribution in [2.75, 3.05) is 7.11 Å². The highest BCUT2D eigenvalue weighted by Crippen LogP contribution is 2.20. The molecule has 0 unspecified atom stereocenters. The van der Waals surface area contributed by atoms with E-state index in [0.29, 0.717) is 6.20 Å². The zero-order valence-electron chi connectivity index (χ0n) is 5.57. The smallest absolute Gasteiger partial charge is 0.253 e. The number of methoxy groups -OCH3 is 1. The lowest BCUT2D eigenvalue weighted by molar-refractivity contribution is 0.339. The van der Waals surface area contributed by atoms with Crippen LogP contribution in [0, 0.1) is 17.6 Å². The van der Waals surface area contributed by atoms with Crippen molar-refractivity contribution < 1.29 is 17.9 Å². The van der Waals surface area contributed by atoms with Crippen molar-refractivity contribution in [3.8, 4) is 5.75 Å². The summed E-state index contributed by atoms with van der Waals surface area (Å²) in [6, 6.07) is 0. The lowest BCUT2D eigenvalue weighted by atomic mass is 10.4. The van der Waals surface area contributed by atoms with Gasteiger partial charge in [-0.25, -0.2) is 9.37 Å². The van der Waals surface area contributed by atoms with Crippen molar-refractivity contribution in [1.82, 2.24) is 4.98 Å². The molecule has 1 heterocycles. The van der Waals surface area contributed by atoms with Gasteiger partial charge in [0.2, 0.25) is 5.82 Å². The second kappa shape index (κ2) is 2.77. The van der Waals surface area contributed by atoms with Crippen LogP contribution in [0.5, 0.6) is 5.75 Å². The molecule has 0 aliphatic rings. The fraction of sp³-hybridized carbons (Fsp3) is 0.167. The third kappa shape index (κ3) is 1.26. The highest BCUT2D eigenvalue weighted by Gasteiger charge is 2.14. The first kappa shape index (κ1) is 7.84. The average molecular weight is 163 g/mol. The summed E-state index contributed by atoms with van der Waals surface area (Å²) >= 11 is 0. The Morgan fingerprint density at radius 2 is 2.00 bits per heavy atom. The molecule has 11 heavy (non-hydrogen) atoms. The number of aromatic nitrogens is 1. The minimum absolute atomic E-state index is 0.553.